The van der Waals surface area contributed by atoms with Crippen LogP contribution in [0.2, 0.25) is 0 Å². The third kappa shape index (κ3) is 4.25. The molecule has 0 aliphatic carbocycles. The zero-order chi connectivity index (χ0) is 22.0. The molecule has 1 aliphatic rings. The number of hydrogen-bond donors (Lipinski definition) is 1. The van der Waals surface area contributed by atoms with Gasteiger partial charge in [-0.25, -0.2) is 9.69 Å². The molecular weight excluding hydrogens is 384 g/mol. The summed E-state index contributed by atoms with van der Waals surface area (Å²) in [4.78, 5) is 51.0. The summed E-state index contributed by atoms with van der Waals surface area (Å²) in [5.74, 6) is -1.77. The van der Waals surface area contributed by atoms with Gasteiger partial charge in [0, 0.05) is 6.54 Å². The molecule has 3 amide bonds. The van der Waals surface area contributed by atoms with Crippen molar-refractivity contribution >= 4 is 29.4 Å². The predicted octanol–water partition coefficient (Wildman–Crippen LogP) is 3.03. The maximum Gasteiger partial charge on any atom is 0.338 e. The Kier molecular flexibility index (Phi) is 6.01. The predicted molar refractivity (Wildman–Crippen MR) is 112 cm³/mol. The molecule has 156 valence electrons. The van der Waals surface area contributed by atoms with Crippen LogP contribution >= 0.6 is 0 Å². The van der Waals surface area contributed by atoms with Crippen LogP contribution in [0.25, 0.3) is 0 Å². The van der Waals surface area contributed by atoms with Gasteiger partial charge in [-0.05, 0) is 55.2 Å². The number of carbonyl (C=O) groups excluding carboxylic acids is 4. The number of aryl methyl sites for hydroxylation is 2. The number of carbonyl (C=O) groups is 4. The number of imide groups is 1. The number of benzene rings is 2. The fraction of sp³-hybridized carbons (Fsp3) is 0.304. The molecule has 0 atom stereocenters. The average Bonchev–Trinajstić information content (AvgIpc) is 2.96. The lowest BCUT2D eigenvalue weighted by molar-refractivity contribution is -0.124. The number of rotatable bonds is 6. The normalized spacial score (nSPS) is 12.9. The summed E-state index contributed by atoms with van der Waals surface area (Å²) >= 11 is 0. The average molecular weight is 408 g/mol. The topological polar surface area (TPSA) is 92.8 Å². The second-order valence-corrected chi connectivity index (χ2v) is 7.77. The zero-order valence-corrected chi connectivity index (χ0v) is 17.4. The van der Waals surface area contributed by atoms with Crippen molar-refractivity contribution in [2.45, 2.75) is 27.7 Å². The van der Waals surface area contributed by atoms with E-state index in [-0.39, 0.29) is 22.6 Å². The molecular formula is C23H24N2O5. The Labute approximate surface area is 175 Å². The van der Waals surface area contributed by atoms with Gasteiger partial charge in [-0.2, -0.15) is 0 Å². The lowest BCUT2D eigenvalue weighted by Gasteiger charge is -2.17. The largest absolute Gasteiger partial charge is 0.452 e. The van der Waals surface area contributed by atoms with Crippen LogP contribution in [0.15, 0.2) is 36.4 Å². The minimum atomic E-state index is -0.733. The van der Waals surface area contributed by atoms with E-state index in [0.717, 1.165) is 16.0 Å². The van der Waals surface area contributed by atoms with Crippen molar-refractivity contribution in [3.63, 3.8) is 0 Å². The zero-order valence-electron chi connectivity index (χ0n) is 17.4. The van der Waals surface area contributed by atoms with Gasteiger partial charge in [0.2, 0.25) is 0 Å². The summed E-state index contributed by atoms with van der Waals surface area (Å²) in [5.41, 5.74) is 2.71. The fourth-order valence-corrected chi connectivity index (χ4v) is 3.13. The third-order valence-corrected chi connectivity index (χ3v) is 4.77. The number of anilines is 1. The van der Waals surface area contributed by atoms with Gasteiger partial charge < -0.3 is 10.1 Å². The first-order chi connectivity index (χ1) is 14.2. The van der Waals surface area contributed by atoms with Crippen LogP contribution in [0.5, 0.6) is 0 Å². The number of ether oxygens (including phenoxy) is 1. The Hall–Kier alpha value is -3.48. The van der Waals surface area contributed by atoms with E-state index in [1.165, 1.54) is 18.2 Å². The van der Waals surface area contributed by atoms with Gasteiger partial charge in [0.1, 0.15) is 0 Å². The molecule has 0 radical (unpaired) electrons. The van der Waals surface area contributed by atoms with Gasteiger partial charge >= 0.3 is 5.97 Å². The van der Waals surface area contributed by atoms with Gasteiger partial charge in [0.25, 0.3) is 17.7 Å². The molecule has 1 N–H and O–H groups in total. The Balaban J connectivity index is 1.77. The van der Waals surface area contributed by atoms with E-state index in [4.69, 9.17) is 4.74 Å². The number of nitrogens with zero attached hydrogens (tertiary/aromatic N) is 1. The van der Waals surface area contributed by atoms with Crippen LogP contribution in [0, 0.1) is 19.8 Å². The number of amides is 3. The molecule has 2 aromatic carbocycles. The summed E-state index contributed by atoms with van der Waals surface area (Å²) in [6.45, 7) is 7.69. The van der Waals surface area contributed by atoms with Gasteiger partial charge in [0.15, 0.2) is 6.61 Å². The van der Waals surface area contributed by atoms with Gasteiger partial charge in [0.05, 0.1) is 22.4 Å². The van der Waals surface area contributed by atoms with E-state index < -0.39 is 30.3 Å². The molecule has 30 heavy (non-hydrogen) atoms. The van der Waals surface area contributed by atoms with Crippen molar-refractivity contribution in [2.75, 3.05) is 18.1 Å². The smallest absolute Gasteiger partial charge is 0.338 e. The molecule has 0 saturated heterocycles. The highest BCUT2D eigenvalue weighted by atomic mass is 16.5. The molecule has 1 aliphatic heterocycles. The fourth-order valence-electron chi connectivity index (χ4n) is 3.13. The van der Waals surface area contributed by atoms with E-state index in [0.29, 0.717) is 12.2 Å². The van der Waals surface area contributed by atoms with Crippen LogP contribution in [-0.2, 0) is 9.53 Å². The summed E-state index contributed by atoms with van der Waals surface area (Å²) in [6, 6.07) is 9.74. The minimum Gasteiger partial charge on any atom is -0.452 e. The van der Waals surface area contributed by atoms with Crippen molar-refractivity contribution in [1.29, 1.82) is 0 Å². The quantitative estimate of drug-likeness (QED) is 0.586. The Morgan fingerprint density at radius 3 is 2.40 bits per heavy atom. The van der Waals surface area contributed by atoms with E-state index in [1.54, 1.807) is 6.07 Å². The van der Waals surface area contributed by atoms with E-state index >= 15 is 0 Å². The molecule has 3 rings (SSSR count). The van der Waals surface area contributed by atoms with Crippen LogP contribution in [0.3, 0.4) is 0 Å². The highest BCUT2D eigenvalue weighted by molar-refractivity contribution is 6.35. The molecule has 7 nitrogen and oxygen atoms in total. The van der Waals surface area contributed by atoms with E-state index in [1.807, 2.05) is 39.8 Å². The standard InChI is InChI=1S/C23H24N2O5/c1-13(2)11-24-20(26)12-30-23(29)16-7-8-17-18(10-16)22(28)25(21(17)27)19-9-14(3)5-6-15(19)4/h5-10,13H,11-12H2,1-4H3,(H,24,26). The molecule has 0 fully saturated rings. The Morgan fingerprint density at radius 1 is 1.00 bits per heavy atom. The van der Waals surface area contributed by atoms with Crippen molar-refractivity contribution < 1.29 is 23.9 Å². The number of nitrogens with one attached hydrogen (secondary N) is 1. The second kappa shape index (κ2) is 8.49. The molecule has 0 unspecified atom stereocenters. The first kappa shape index (κ1) is 21.2. The molecule has 7 heteroatoms. The lowest BCUT2D eigenvalue weighted by atomic mass is 10.1. The molecule has 2 aromatic rings. The van der Waals surface area contributed by atoms with E-state index in [2.05, 4.69) is 5.32 Å². The first-order valence-corrected chi connectivity index (χ1v) is 9.73. The summed E-state index contributed by atoms with van der Waals surface area (Å²) in [6.07, 6.45) is 0. The van der Waals surface area contributed by atoms with Crippen LogP contribution in [-0.4, -0.2) is 36.8 Å². The highest BCUT2D eigenvalue weighted by Gasteiger charge is 2.38. The highest BCUT2D eigenvalue weighted by Crippen LogP contribution is 2.31. The lowest BCUT2D eigenvalue weighted by Crippen LogP contribution is -2.31. The maximum atomic E-state index is 12.9. The van der Waals surface area contributed by atoms with Crippen molar-refractivity contribution in [3.8, 4) is 0 Å². The molecule has 0 bridgehead atoms. The van der Waals surface area contributed by atoms with Crippen LogP contribution in [0.1, 0.15) is 56.0 Å². The summed E-state index contributed by atoms with van der Waals surface area (Å²) < 4.78 is 5.03. The number of fused-ring (bicyclic) bond motifs is 1. The van der Waals surface area contributed by atoms with Gasteiger partial charge in [-0.1, -0.05) is 26.0 Å². The monoisotopic (exact) mass is 408 g/mol. The van der Waals surface area contributed by atoms with Crippen molar-refractivity contribution in [1.82, 2.24) is 5.32 Å². The van der Waals surface area contributed by atoms with Gasteiger partial charge in [-0.15, -0.1) is 0 Å². The van der Waals surface area contributed by atoms with E-state index in [9.17, 15) is 19.2 Å². The molecule has 0 saturated carbocycles. The SMILES string of the molecule is Cc1ccc(C)c(N2C(=O)c3ccc(C(=O)OCC(=O)NCC(C)C)cc3C2=O)c1. The second-order valence-electron chi connectivity index (χ2n) is 7.77. The molecule has 0 spiro atoms. The summed E-state index contributed by atoms with van der Waals surface area (Å²) in [5, 5.41) is 2.66. The van der Waals surface area contributed by atoms with Crippen molar-refractivity contribution in [3.05, 3.63) is 64.2 Å². The summed E-state index contributed by atoms with van der Waals surface area (Å²) in [7, 11) is 0. The Bertz CT molecular complexity index is 1040. The molecule has 1 heterocycles. The minimum absolute atomic E-state index is 0.106. The number of hydrogen-bond acceptors (Lipinski definition) is 5. The number of esters is 1. The van der Waals surface area contributed by atoms with Crippen LogP contribution < -0.4 is 10.2 Å². The van der Waals surface area contributed by atoms with Crippen molar-refractivity contribution in [2.24, 2.45) is 5.92 Å². The molecule has 0 aromatic heterocycles. The third-order valence-electron chi connectivity index (χ3n) is 4.77. The maximum absolute atomic E-state index is 12.9. The van der Waals surface area contributed by atoms with Gasteiger partial charge in [-0.3, -0.25) is 14.4 Å². The Morgan fingerprint density at radius 2 is 1.70 bits per heavy atom. The van der Waals surface area contributed by atoms with Crippen LogP contribution in [0.4, 0.5) is 5.69 Å². The first-order valence-electron chi connectivity index (χ1n) is 9.73.